The molecule has 3 heterocycles. The summed E-state index contributed by atoms with van der Waals surface area (Å²) < 4.78 is 18.1. The predicted molar refractivity (Wildman–Crippen MR) is 291 cm³/mol. The Morgan fingerprint density at radius 2 is 0.946 bits per heavy atom. The smallest absolute Gasteiger partial charge is 0.338 e. The first-order valence-electron chi connectivity index (χ1n) is 26.3. The van der Waals surface area contributed by atoms with Crippen LogP contribution in [-0.4, -0.2) is 79.8 Å². The Kier molecular flexibility index (Phi) is 13.1. The second kappa shape index (κ2) is 19.0. The summed E-state index contributed by atoms with van der Waals surface area (Å²) in [4.78, 5) is 65.7. The second-order valence-corrected chi connectivity index (χ2v) is 24.8. The molecule has 3 aromatic carbocycles. The van der Waals surface area contributed by atoms with Gasteiger partial charge in [0, 0.05) is 51.4 Å². The third-order valence-corrected chi connectivity index (χ3v) is 18.6. The molecule has 9 unspecified atom stereocenters. The molecule has 0 saturated heterocycles. The highest BCUT2D eigenvalue weighted by atomic mass is 16.6. The number of nitrogens with one attached hydrogen (secondary N) is 4. The molecule has 0 radical (unpaired) electrons. The monoisotopic (exact) mass is 1000 g/mol. The quantitative estimate of drug-likeness (QED) is 0.118. The van der Waals surface area contributed by atoms with E-state index < -0.39 is 0 Å². The van der Waals surface area contributed by atoms with Gasteiger partial charge in [0.1, 0.15) is 18.5 Å². The van der Waals surface area contributed by atoms with E-state index in [0.717, 1.165) is 37.9 Å². The number of hydrogen-bond acceptors (Lipinski definition) is 16. The van der Waals surface area contributed by atoms with Gasteiger partial charge in [0.15, 0.2) is 0 Å². The number of fused-ring (bicyclic) bond motifs is 10. The van der Waals surface area contributed by atoms with Gasteiger partial charge in [-0.2, -0.15) is 25.0 Å². The summed E-state index contributed by atoms with van der Waals surface area (Å²) in [5.74, 6) is 1.70. The fourth-order valence-electron chi connectivity index (χ4n) is 14.8. The van der Waals surface area contributed by atoms with E-state index in [1.807, 2.05) is 7.11 Å². The minimum atomic E-state index is -0.347. The molecule has 9 atom stereocenters. The SMILES string of the molecule is CC12CCC(C1)C(C)(C)C2OC(=O)c1ccc(NC2=N/C3=N/C(Nc4ccc(C(=O)OC5C6(C)CCC(C6)C5(C)C)cc4)=N\C(=N/C(Nc4ccc(C=O)cc4)=N\3)N/C=N\2)cc1.COC1C2(C)CCC(C2)C1(C)C. The number of ether oxygens (including phenoxy) is 3. The molecule has 74 heavy (non-hydrogen) atoms. The molecule has 16 nitrogen and oxygen atoms in total. The maximum Gasteiger partial charge on any atom is 0.338 e. The fourth-order valence-corrected chi connectivity index (χ4v) is 14.8. The standard InChI is InChI=1S/C47H52N10O5.C11H20O/c1-44(2)30-19-21-46(5,23-30)37(44)61-35(59)28-9-15-33(16-10-28)50-39-48-26-49-40-54-41(51-32-13-7-27(25-58)8-14-32)56-43(53-39)57-42(55-40)52-34-17-11-29(12-18-34)36(60)62-38-45(3,4)31-20-22-47(38,6)24-31;1-10(2)8-5-6-11(3,7-8)9(10)12-4/h7-18,25-26,30-31,37-38H,19-24H2,1-6H3,(H4,48,49,50,51,52,53,54,55,56,57);8-9H,5-7H2,1-4H3. The molecule has 0 spiro atoms. The highest BCUT2D eigenvalue weighted by Crippen LogP contribution is 2.65. The lowest BCUT2D eigenvalue weighted by Gasteiger charge is -2.41. The molecular formula is C58H72N10O6. The molecule has 12 rings (SSSR count). The number of rotatable bonds is 9. The number of aldehydes is 1. The van der Waals surface area contributed by atoms with Gasteiger partial charge in [-0.3, -0.25) is 4.79 Å². The third-order valence-electron chi connectivity index (χ3n) is 18.6. The van der Waals surface area contributed by atoms with E-state index in [9.17, 15) is 14.4 Å². The zero-order chi connectivity index (χ0) is 52.4. The largest absolute Gasteiger partial charge is 0.458 e. The maximum absolute atomic E-state index is 13.4. The third kappa shape index (κ3) is 9.58. The number of nitrogens with zero attached hydrogens (tertiary/aromatic N) is 6. The molecule has 4 N–H and O–H groups in total. The minimum Gasteiger partial charge on any atom is -0.458 e. The van der Waals surface area contributed by atoms with Crippen LogP contribution < -0.4 is 21.3 Å². The van der Waals surface area contributed by atoms with E-state index >= 15 is 0 Å². The summed E-state index contributed by atoms with van der Waals surface area (Å²) >= 11 is 0. The number of carbonyl (C=O) groups excluding carboxylic acids is 3. The molecule has 9 aliphatic rings. The Balaban J connectivity index is 0.000000456. The van der Waals surface area contributed by atoms with Gasteiger partial charge >= 0.3 is 11.9 Å². The van der Waals surface area contributed by atoms with Crippen molar-refractivity contribution in [2.45, 2.75) is 138 Å². The molecule has 0 amide bonds. The van der Waals surface area contributed by atoms with Crippen LogP contribution in [0.5, 0.6) is 0 Å². The van der Waals surface area contributed by atoms with Gasteiger partial charge in [-0.05, 0) is 159 Å². The number of aliphatic imine (C=N–C) groups is 6. The predicted octanol–water partition coefficient (Wildman–Crippen LogP) is 11.2. The van der Waals surface area contributed by atoms with Gasteiger partial charge in [-0.15, -0.1) is 0 Å². The first-order chi connectivity index (χ1) is 35.1. The number of methoxy groups -OCH3 is 1. The lowest BCUT2D eigenvalue weighted by molar-refractivity contribution is -0.0646. The second-order valence-electron chi connectivity index (χ2n) is 24.8. The number of hydrogen-bond donors (Lipinski definition) is 4. The maximum atomic E-state index is 13.4. The van der Waals surface area contributed by atoms with Crippen LogP contribution in [0, 0.1) is 50.2 Å². The summed E-state index contributed by atoms with van der Waals surface area (Å²) in [6.45, 7) is 20.5. The molecule has 8 bridgehead atoms. The van der Waals surface area contributed by atoms with E-state index in [1.54, 1.807) is 72.8 Å². The van der Waals surface area contributed by atoms with Gasteiger partial charge < -0.3 is 35.5 Å². The van der Waals surface area contributed by atoms with E-state index in [1.165, 1.54) is 38.4 Å². The number of guanidine groups is 5. The first-order valence-corrected chi connectivity index (χ1v) is 26.3. The van der Waals surface area contributed by atoms with Crippen molar-refractivity contribution in [3.8, 4) is 0 Å². The molecule has 6 fully saturated rings. The zero-order valence-electron chi connectivity index (χ0n) is 44.5. The van der Waals surface area contributed by atoms with Crippen LogP contribution in [0.15, 0.2) is 103 Å². The Bertz CT molecular complexity index is 2870. The van der Waals surface area contributed by atoms with Crippen molar-refractivity contribution < 1.29 is 28.6 Å². The Morgan fingerprint density at radius 3 is 1.35 bits per heavy atom. The number of carbonyl (C=O) groups is 3. The topological polar surface area (TPSA) is 201 Å². The Labute approximate surface area is 434 Å². The van der Waals surface area contributed by atoms with Crippen LogP contribution in [0.1, 0.15) is 151 Å². The summed E-state index contributed by atoms with van der Waals surface area (Å²) in [6.07, 6.45) is 13.2. The number of anilines is 3. The van der Waals surface area contributed by atoms with Crippen LogP contribution in [0.2, 0.25) is 0 Å². The lowest BCUT2D eigenvalue weighted by atomic mass is 9.70. The molecule has 16 heteroatoms. The van der Waals surface area contributed by atoms with Crippen LogP contribution in [0.4, 0.5) is 17.1 Å². The number of esters is 2. The van der Waals surface area contributed by atoms with Crippen molar-refractivity contribution >= 4 is 71.4 Å². The highest BCUT2D eigenvalue weighted by molar-refractivity contribution is 6.19. The van der Waals surface area contributed by atoms with Crippen molar-refractivity contribution in [2.24, 2.45) is 80.2 Å². The molecule has 6 saturated carbocycles. The van der Waals surface area contributed by atoms with Crippen molar-refractivity contribution in [3.63, 3.8) is 0 Å². The minimum absolute atomic E-state index is 0.000149. The van der Waals surface area contributed by atoms with Crippen LogP contribution in [0.3, 0.4) is 0 Å². The molecule has 390 valence electrons. The molecule has 6 aliphatic carbocycles. The van der Waals surface area contributed by atoms with Crippen molar-refractivity contribution in [1.29, 1.82) is 0 Å². The van der Waals surface area contributed by atoms with E-state index in [2.05, 4.69) is 114 Å². The molecule has 0 aromatic heterocycles. The first kappa shape index (κ1) is 51.0. The van der Waals surface area contributed by atoms with E-state index in [-0.39, 0.29) is 75.6 Å². The van der Waals surface area contributed by atoms with Crippen LogP contribution >= 0.6 is 0 Å². The van der Waals surface area contributed by atoms with Crippen LogP contribution in [0.25, 0.3) is 0 Å². The Hall–Kier alpha value is -6.55. The summed E-state index contributed by atoms with van der Waals surface area (Å²) in [5.41, 5.74) is 3.99. The fraction of sp³-hybridized carbons (Fsp3) is 0.534. The van der Waals surface area contributed by atoms with E-state index in [4.69, 9.17) is 14.2 Å². The lowest BCUT2D eigenvalue weighted by Crippen LogP contribution is -2.43. The van der Waals surface area contributed by atoms with Crippen molar-refractivity contribution in [2.75, 3.05) is 23.1 Å². The van der Waals surface area contributed by atoms with Gasteiger partial charge in [0.05, 0.1) is 23.6 Å². The molecule has 3 aliphatic heterocycles. The summed E-state index contributed by atoms with van der Waals surface area (Å²) in [6, 6.07) is 20.7. The molecular weight excluding hydrogens is 933 g/mol. The normalized spacial score (nSPS) is 36.0. The van der Waals surface area contributed by atoms with Gasteiger partial charge in [-0.1, -0.05) is 62.3 Å². The van der Waals surface area contributed by atoms with Gasteiger partial charge in [0.2, 0.25) is 23.8 Å². The van der Waals surface area contributed by atoms with Crippen molar-refractivity contribution in [3.05, 3.63) is 89.5 Å². The molecule has 3 aromatic rings. The summed E-state index contributed by atoms with van der Waals surface area (Å²) in [5, 5.41) is 12.5. The summed E-state index contributed by atoms with van der Waals surface area (Å²) in [7, 11) is 1.87. The Morgan fingerprint density at radius 1 is 0.541 bits per heavy atom. The van der Waals surface area contributed by atoms with E-state index in [0.29, 0.717) is 62.5 Å². The van der Waals surface area contributed by atoms with Crippen molar-refractivity contribution in [1.82, 2.24) is 5.32 Å². The highest BCUT2D eigenvalue weighted by Gasteiger charge is 2.63. The van der Waals surface area contributed by atoms with Crippen LogP contribution in [-0.2, 0) is 14.2 Å². The number of benzene rings is 3. The van der Waals surface area contributed by atoms with Gasteiger partial charge in [0.25, 0.3) is 5.96 Å². The zero-order valence-corrected chi connectivity index (χ0v) is 44.5. The average molecular weight is 1010 g/mol. The van der Waals surface area contributed by atoms with Gasteiger partial charge in [-0.25, -0.2) is 14.6 Å². The average Bonchev–Trinajstić information content (AvgIpc) is 4.18.